The van der Waals surface area contributed by atoms with Gasteiger partial charge in [-0.3, -0.25) is 4.79 Å². The molecule has 0 N–H and O–H groups in total. The van der Waals surface area contributed by atoms with Gasteiger partial charge in [0.1, 0.15) is 0 Å². The monoisotopic (exact) mass is 289 g/mol. The second-order valence-electron chi connectivity index (χ2n) is 5.04. The maximum absolute atomic E-state index is 14.1. The van der Waals surface area contributed by atoms with E-state index >= 15 is 0 Å². The molecular weight excluding hydrogens is 272 g/mol. The fraction of sp³-hybridized carbons (Fsp3) is 0.235. The van der Waals surface area contributed by atoms with Crippen LogP contribution in [-0.2, 0) is 10.2 Å². The Morgan fingerprint density at radius 1 is 0.905 bits per heavy atom. The Morgan fingerprint density at radius 3 is 1.57 bits per heavy atom. The lowest BCUT2D eigenvalue weighted by molar-refractivity contribution is -0.138. The zero-order valence-electron chi connectivity index (χ0n) is 12.0. The van der Waals surface area contributed by atoms with Crippen LogP contribution in [0.4, 0.5) is 8.78 Å². The lowest BCUT2D eigenvalue weighted by Crippen LogP contribution is -2.49. The first-order valence-corrected chi connectivity index (χ1v) is 6.62. The first kappa shape index (κ1) is 15.2. The second-order valence-corrected chi connectivity index (χ2v) is 5.04. The molecule has 1 amide bonds. The number of amides is 1. The van der Waals surface area contributed by atoms with Crippen molar-refractivity contribution in [3.05, 3.63) is 71.8 Å². The van der Waals surface area contributed by atoms with E-state index in [-0.39, 0.29) is 0 Å². The fourth-order valence-corrected chi connectivity index (χ4v) is 2.51. The average Bonchev–Trinajstić information content (AvgIpc) is 2.49. The molecule has 0 spiro atoms. The maximum atomic E-state index is 14.1. The van der Waals surface area contributed by atoms with E-state index in [4.69, 9.17) is 0 Å². The third-order valence-corrected chi connectivity index (χ3v) is 3.53. The Labute approximate surface area is 123 Å². The van der Waals surface area contributed by atoms with Crippen LogP contribution in [-0.4, -0.2) is 31.3 Å². The van der Waals surface area contributed by atoms with Gasteiger partial charge in [0.05, 0.1) is 0 Å². The van der Waals surface area contributed by atoms with Crippen molar-refractivity contribution in [1.29, 1.82) is 0 Å². The molecule has 0 aliphatic carbocycles. The number of carbonyl (C=O) groups is 1. The highest BCUT2D eigenvalue weighted by atomic mass is 19.3. The molecule has 0 saturated heterocycles. The molecule has 4 heteroatoms. The summed E-state index contributed by atoms with van der Waals surface area (Å²) in [6.45, 7) is 0. The second kappa shape index (κ2) is 6.04. The standard InChI is InChI=1S/C17H17F2NO/c1-20(2)16(21)17(15(18)19,13-9-5-3-6-10-13)14-11-7-4-8-12-14/h3-12,15H,1-2H3. The van der Waals surface area contributed by atoms with Gasteiger partial charge in [0.25, 0.3) is 6.43 Å². The summed E-state index contributed by atoms with van der Waals surface area (Å²) >= 11 is 0. The summed E-state index contributed by atoms with van der Waals surface area (Å²) in [5.41, 5.74) is -1.39. The normalized spacial score (nSPS) is 11.5. The van der Waals surface area contributed by atoms with Crippen LogP contribution < -0.4 is 0 Å². The number of alkyl halides is 2. The van der Waals surface area contributed by atoms with Crippen LogP contribution in [0.5, 0.6) is 0 Å². The third kappa shape index (κ3) is 2.53. The van der Waals surface area contributed by atoms with E-state index in [1.54, 1.807) is 60.7 Å². The Kier molecular flexibility index (Phi) is 4.36. The highest BCUT2D eigenvalue weighted by Gasteiger charge is 2.51. The minimum atomic E-state index is -2.85. The molecule has 0 bridgehead atoms. The molecule has 2 aromatic rings. The molecule has 0 saturated carbocycles. The predicted octanol–water partition coefficient (Wildman–Crippen LogP) is 3.33. The number of benzene rings is 2. The molecule has 21 heavy (non-hydrogen) atoms. The van der Waals surface area contributed by atoms with Crippen molar-refractivity contribution in [2.75, 3.05) is 14.1 Å². The summed E-state index contributed by atoms with van der Waals surface area (Å²) < 4.78 is 28.2. The first-order valence-electron chi connectivity index (χ1n) is 6.62. The third-order valence-electron chi connectivity index (χ3n) is 3.53. The van der Waals surface area contributed by atoms with Gasteiger partial charge in [0.2, 0.25) is 5.91 Å². The SMILES string of the molecule is CN(C)C(=O)C(c1ccccc1)(c1ccccc1)C(F)F. The number of likely N-dealkylation sites (N-methyl/N-ethyl adjacent to an activating group) is 1. The van der Waals surface area contributed by atoms with Crippen molar-refractivity contribution in [3.8, 4) is 0 Å². The molecule has 0 atom stereocenters. The van der Waals surface area contributed by atoms with Crippen molar-refractivity contribution >= 4 is 5.91 Å². The first-order chi connectivity index (χ1) is 10.0. The summed E-state index contributed by atoms with van der Waals surface area (Å²) in [5.74, 6) is -0.630. The molecule has 2 nitrogen and oxygen atoms in total. The van der Waals surface area contributed by atoms with Gasteiger partial charge in [-0.05, 0) is 11.1 Å². The highest BCUT2D eigenvalue weighted by Crippen LogP contribution is 2.39. The fourth-order valence-electron chi connectivity index (χ4n) is 2.51. The van der Waals surface area contributed by atoms with Crippen LogP contribution in [0.2, 0.25) is 0 Å². The molecule has 0 unspecified atom stereocenters. The quantitative estimate of drug-likeness (QED) is 0.845. The van der Waals surface area contributed by atoms with Crippen LogP contribution in [0.3, 0.4) is 0 Å². The van der Waals surface area contributed by atoms with Gasteiger partial charge in [-0.2, -0.15) is 0 Å². The zero-order valence-corrected chi connectivity index (χ0v) is 12.0. The summed E-state index contributed by atoms with van der Waals surface area (Å²) in [4.78, 5) is 13.9. The smallest absolute Gasteiger partial charge is 0.261 e. The molecular formula is C17H17F2NO. The summed E-state index contributed by atoms with van der Waals surface area (Å²) in [6, 6.07) is 16.4. The minimum absolute atomic E-state index is 0.296. The molecule has 0 aliphatic rings. The average molecular weight is 289 g/mol. The van der Waals surface area contributed by atoms with Crippen LogP contribution >= 0.6 is 0 Å². The van der Waals surface area contributed by atoms with E-state index in [9.17, 15) is 13.6 Å². The van der Waals surface area contributed by atoms with E-state index in [0.717, 1.165) is 0 Å². The number of halogens is 2. The Balaban J connectivity index is 2.76. The lowest BCUT2D eigenvalue weighted by atomic mass is 9.73. The van der Waals surface area contributed by atoms with E-state index in [1.807, 2.05) is 0 Å². The molecule has 0 radical (unpaired) electrons. The highest BCUT2D eigenvalue weighted by molar-refractivity contribution is 5.92. The maximum Gasteiger partial charge on any atom is 0.261 e. The minimum Gasteiger partial charge on any atom is -0.348 e. The molecule has 0 heterocycles. The van der Waals surface area contributed by atoms with E-state index < -0.39 is 17.7 Å². The topological polar surface area (TPSA) is 20.3 Å². The molecule has 110 valence electrons. The molecule has 0 aromatic heterocycles. The van der Waals surface area contributed by atoms with Crippen LogP contribution in [0.15, 0.2) is 60.7 Å². The van der Waals surface area contributed by atoms with Crippen molar-refractivity contribution < 1.29 is 13.6 Å². The van der Waals surface area contributed by atoms with Crippen molar-refractivity contribution in [2.24, 2.45) is 0 Å². The van der Waals surface area contributed by atoms with E-state index in [2.05, 4.69) is 0 Å². The molecule has 2 aromatic carbocycles. The number of carbonyl (C=O) groups excluding carboxylic acids is 1. The Morgan fingerprint density at radius 2 is 1.29 bits per heavy atom. The van der Waals surface area contributed by atoms with Gasteiger partial charge in [-0.1, -0.05) is 60.7 Å². The van der Waals surface area contributed by atoms with Gasteiger partial charge in [-0.15, -0.1) is 0 Å². The summed E-state index contributed by atoms with van der Waals surface area (Å²) in [5, 5.41) is 0. The van der Waals surface area contributed by atoms with E-state index in [1.165, 1.54) is 19.0 Å². The van der Waals surface area contributed by atoms with Gasteiger partial charge in [-0.25, -0.2) is 8.78 Å². The predicted molar refractivity (Wildman–Crippen MR) is 78.4 cm³/mol. The van der Waals surface area contributed by atoms with Gasteiger partial charge >= 0.3 is 0 Å². The van der Waals surface area contributed by atoms with Crippen molar-refractivity contribution in [3.63, 3.8) is 0 Å². The van der Waals surface area contributed by atoms with Crippen molar-refractivity contribution in [1.82, 2.24) is 4.90 Å². The zero-order chi connectivity index (χ0) is 15.5. The number of hydrogen-bond donors (Lipinski definition) is 0. The lowest BCUT2D eigenvalue weighted by Gasteiger charge is -2.35. The van der Waals surface area contributed by atoms with Gasteiger partial charge in [0, 0.05) is 14.1 Å². The Hall–Kier alpha value is -2.23. The Bertz CT molecular complexity index is 557. The number of nitrogens with zero attached hydrogens (tertiary/aromatic N) is 1. The van der Waals surface area contributed by atoms with E-state index in [0.29, 0.717) is 11.1 Å². The van der Waals surface area contributed by atoms with Crippen LogP contribution in [0.1, 0.15) is 11.1 Å². The molecule has 0 aliphatic heterocycles. The van der Waals surface area contributed by atoms with Crippen LogP contribution in [0, 0.1) is 0 Å². The van der Waals surface area contributed by atoms with Gasteiger partial charge < -0.3 is 4.90 Å². The van der Waals surface area contributed by atoms with Crippen molar-refractivity contribution in [2.45, 2.75) is 11.8 Å². The molecule has 2 rings (SSSR count). The number of rotatable bonds is 4. The summed E-state index contributed by atoms with van der Waals surface area (Å²) in [6.07, 6.45) is -2.85. The number of hydrogen-bond acceptors (Lipinski definition) is 1. The summed E-state index contributed by atoms with van der Waals surface area (Å²) in [7, 11) is 2.98. The van der Waals surface area contributed by atoms with Crippen LogP contribution in [0.25, 0.3) is 0 Å². The van der Waals surface area contributed by atoms with Gasteiger partial charge in [0.15, 0.2) is 5.41 Å². The molecule has 0 fully saturated rings. The largest absolute Gasteiger partial charge is 0.348 e.